The second kappa shape index (κ2) is 10.1. The number of hydrogen-bond acceptors (Lipinski definition) is 11. The van der Waals surface area contributed by atoms with Crippen molar-refractivity contribution in [2.75, 3.05) is 41.8 Å². The van der Waals surface area contributed by atoms with E-state index in [4.69, 9.17) is 24.9 Å². The smallest absolute Gasteiger partial charge is 0.317 e. The fraction of sp³-hybridized carbons (Fsp3) is 0.321. The van der Waals surface area contributed by atoms with Crippen molar-refractivity contribution >= 4 is 39.7 Å². The molecule has 1 atom stereocenters. The van der Waals surface area contributed by atoms with Crippen LogP contribution in [0.2, 0.25) is 0 Å². The Labute approximate surface area is 234 Å². The third-order valence-electron chi connectivity index (χ3n) is 7.46. The zero-order chi connectivity index (χ0) is 27.1. The van der Waals surface area contributed by atoms with Crippen molar-refractivity contribution < 1.29 is 13.9 Å². The fourth-order valence-electron chi connectivity index (χ4n) is 5.09. The highest BCUT2D eigenvalue weighted by Crippen LogP contribution is 2.46. The lowest BCUT2D eigenvalue weighted by Crippen LogP contribution is -2.43. The van der Waals surface area contributed by atoms with Crippen LogP contribution < -0.4 is 21.3 Å². The third-order valence-corrected chi connectivity index (χ3v) is 8.80. The topological polar surface area (TPSA) is 144 Å². The van der Waals surface area contributed by atoms with E-state index in [9.17, 15) is 4.79 Å². The highest BCUT2D eigenvalue weighted by Gasteiger charge is 2.39. The average molecular weight is 557 g/mol. The summed E-state index contributed by atoms with van der Waals surface area (Å²) in [5.74, 6) is -0.0721. The van der Waals surface area contributed by atoms with Crippen LogP contribution in [-0.2, 0) is 15.1 Å². The SMILES string of the molecule is NC1(c2nc(-c3nnc(N[C@H]4N=C(c5ccccc5)c5ccccc5NC4=O)o3)c(N3CCOCC3)s2)CCC1. The molecule has 4 heterocycles. The summed E-state index contributed by atoms with van der Waals surface area (Å²) in [6, 6.07) is 17.4. The first kappa shape index (κ1) is 24.9. The van der Waals surface area contributed by atoms with Gasteiger partial charge in [0.25, 0.3) is 11.8 Å². The molecule has 204 valence electrons. The van der Waals surface area contributed by atoms with Crippen LogP contribution >= 0.6 is 11.3 Å². The number of aliphatic imine (C=N–C) groups is 1. The van der Waals surface area contributed by atoms with Crippen LogP contribution in [0.25, 0.3) is 11.6 Å². The second-order valence-electron chi connectivity index (χ2n) is 10.1. The summed E-state index contributed by atoms with van der Waals surface area (Å²) in [6.07, 6.45) is 1.90. The number of nitrogens with zero attached hydrogens (tertiary/aromatic N) is 5. The van der Waals surface area contributed by atoms with Crippen molar-refractivity contribution in [2.24, 2.45) is 10.7 Å². The minimum atomic E-state index is -0.997. The maximum absolute atomic E-state index is 13.2. The lowest BCUT2D eigenvalue weighted by atomic mass is 9.78. The number of anilines is 3. The number of amides is 1. The number of carbonyl (C=O) groups is 1. The lowest BCUT2D eigenvalue weighted by Gasteiger charge is -2.36. The number of para-hydroxylation sites is 1. The van der Waals surface area contributed by atoms with Crippen LogP contribution in [0.5, 0.6) is 0 Å². The maximum Gasteiger partial charge on any atom is 0.317 e. The van der Waals surface area contributed by atoms with Gasteiger partial charge in [-0.1, -0.05) is 65.0 Å². The Morgan fingerprint density at radius 3 is 2.60 bits per heavy atom. The van der Waals surface area contributed by atoms with Crippen LogP contribution in [0.15, 0.2) is 64.0 Å². The summed E-state index contributed by atoms with van der Waals surface area (Å²) in [5.41, 5.74) is 9.90. The number of ether oxygens (including phenoxy) is 1. The number of morpholine rings is 1. The van der Waals surface area contributed by atoms with E-state index in [1.165, 1.54) is 0 Å². The van der Waals surface area contributed by atoms with Crippen molar-refractivity contribution in [1.29, 1.82) is 0 Å². The van der Waals surface area contributed by atoms with Gasteiger partial charge in [0.2, 0.25) is 6.17 Å². The molecule has 2 aromatic heterocycles. The molecule has 1 saturated heterocycles. The maximum atomic E-state index is 13.2. The Morgan fingerprint density at radius 2 is 1.82 bits per heavy atom. The van der Waals surface area contributed by atoms with E-state index in [1.54, 1.807) is 11.3 Å². The first-order valence-corrected chi connectivity index (χ1v) is 14.2. The molecule has 1 amide bonds. The number of benzodiazepines with no additional fused rings is 1. The Bertz CT molecular complexity index is 1570. The highest BCUT2D eigenvalue weighted by atomic mass is 32.1. The van der Waals surface area contributed by atoms with E-state index in [2.05, 4.69) is 25.7 Å². The molecule has 7 rings (SSSR count). The number of benzene rings is 2. The van der Waals surface area contributed by atoms with E-state index in [0.29, 0.717) is 30.3 Å². The van der Waals surface area contributed by atoms with E-state index in [1.807, 2.05) is 54.6 Å². The molecule has 11 nitrogen and oxygen atoms in total. The van der Waals surface area contributed by atoms with Crippen molar-refractivity contribution in [2.45, 2.75) is 31.0 Å². The molecular weight excluding hydrogens is 528 g/mol. The molecule has 2 aliphatic heterocycles. The van der Waals surface area contributed by atoms with Gasteiger partial charge in [0.15, 0.2) is 5.69 Å². The Hall–Kier alpha value is -4.13. The van der Waals surface area contributed by atoms with Gasteiger partial charge in [-0.2, -0.15) is 0 Å². The summed E-state index contributed by atoms with van der Waals surface area (Å²) in [4.78, 5) is 25.2. The first-order valence-electron chi connectivity index (χ1n) is 13.3. The normalized spacial score (nSPS) is 20.1. The summed E-state index contributed by atoms with van der Waals surface area (Å²) in [7, 11) is 0. The average Bonchev–Trinajstić information content (AvgIpc) is 3.60. The molecule has 40 heavy (non-hydrogen) atoms. The summed E-state index contributed by atoms with van der Waals surface area (Å²) < 4.78 is 11.6. The second-order valence-corrected chi connectivity index (χ2v) is 11.1. The number of thiazole rings is 1. The van der Waals surface area contributed by atoms with E-state index in [-0.39, 0.29) is 17.8 Å². The summed E-state index contributed by atoms with van der Waals surface area (Å²) >= 11 is 1.58. The monoisotopic (exact) mass is 556 g/mol. The molecule has 2 fully saturated rings. The van der Waals surface area contributed by atoms with Gasteiger partial charge in [-0.15, -0.1) is 5.10 Å². The van der Waals surface area contributed by atoms with Crippen molar-refractivity contribution in [3.63, 3.8) is 0 Å². The molecule has 0 spiro atoms. The van der Waals surface area contributed by atoms with Crippen molar-refractivity contribution in [1.82, 2.24) is 15.2 Å². The van der Waals surface area contributed by atoms with Gasteiger partial charge in [-0.3, -0.25) is 4.79 Å². The highest BCUT2D eigenvalue weighted by molar-refractivity contribution is 7.16. The molecule has 0 radical (unpaired) electrons. The van der Waals surface area contributed by atoms with Crippen LogP contribution in [-0.4, -0.2) is 59.3 Å². The van der Waals surface area contributed by atoms with Crippen molar-refractivity contribution in [3.8, 4) is 11.6 Å². The van der Waals surface area contributed by atoms with Crippen LogP contribution in [0, 0.1) is 0 Å². The van der Waals surface area contributed by atoms with E-state index < -0.39 is 11.7 Å². The van der Waals surface area contributed by atoms with Gasteiger partial charge in [-0.25, -0.2) is 9.98 Å². The molecule has 4 N–H and O–H groups in total. The molecule has 1 saturated carbocycles. The number of carbonyl (C=O) groups excluding carboxylic acids is 1. The van der Waals surface area contributed by atoms with Gasteiger partial charge in [0, 0.05) is 24.2 Å². The predicted molar refractivity (Wildman–Crippen MR) is 153 cm³/mol. The number of fused-ring (bicyclic) bond motifs is 1. The molecule has 0 bridgehead atoms. The minimum absolute atomic E-state index is 0.0749. The standard InChI is InChI=1S/C28H28N8O3S/c29-28(11-6-12-28)26-32-21(25(40-26)36-13-15-38-16-14-36)24-34-35-27(39-24)33-22-23(37)30-19-10-5-4-9-18(19)20(31-22)17-7-2-1-3-8-17/h1-5,7-10,22H,6,11-16,29H2,(H,30,37)(H,33,35)/t22-/m1/s1. The van der Waals surface area contributed by atoms with E-state index >= 15 is 0 Å². The van der Waals surface area contributed by atoms with Gasteiger partial charge in [-0.05, 0) is 25.3 Å². The van der Waals surface area contributed by atoms with Crippen LogP contribution in [0.1, 0.15) is 35.4 Å². The number of hydrogen-bond donors (Lipinski definition) is 3. The van der Waals surface area contributed by atoms with Gasteiger partial charge < -0.3 is 30.4 Å². The molecule has 0 unspecified atom stereocenters. The Morgan fingerprint density at radius 1 is 1.05 bits per heavy atom. The fourth-order valence-corrected chi connectivity index (χ4v) is 6.36. The predicted octanol–water partition coefficient (Wildman–Crippen LogP) is 3.60. The number of nitrogens with one attached hydrogen (secondary N) is 2. The molecule has 3 aliphatic rings. The van der Waals surface area contributed by atoms with Crippen LogP contribution in [0.4, 0.5) is 16.7 Å². The number of rotatable bonds is 6. The molecular formula is C28H28N8O3S. The number of nitrogens with two attached hydrogens (primary N) is 1. The Balaban J connectivity index is 1.21. The zero-order valence-electron chi connectivity index (χ0n) is 21.7. The molecule has 12 heteroatoms. The van der Waals surface area contributed by atoms with Crippen LogP contribution in [0.3, 0.4) is 0 Å². The molecule has 2 aromatic carbocycles. The van der Waals surface area contributed by atoms with Gasteiger partial charge >= 0.3 is 6.01 Å². The third kappa shape index (κ3) is 4.53. The van der Waals surface area contributed by atoms with Gasteiger partial charge in [0.05, 0.1) is 30.2 Å². The first-order chi connectivity index (χ1) is 19.6. The summed E-state index contributed by atoms with van der Waals surface area (Å²) in [6.45, 7) is 2.76. The van der Waals surface area contributed by atoms with Gasteiger partial charge in [0.1, 0.15) is 10.0 Å². The van der Waals surface area contributed by atoms with Crippen molar-refractivity contribution in [3.05, 3.63) is 70.7 Å². The molecule has 4 aromatic rings. The Kier molecular flexibility index (Phi) is 6.29. The molecule has 1 aliphatic carbocycles. The quantitative estimate of drug-likeness (QED) is 0.324. The van der Waals surface area contributed by atoms with E-state index in [0.717, 1.165) is 53.5 Å². The summed E-state index contributed by atoms with van der Waals surface area (Å²) in [5, 5.41) is 16.3. The largest absolute Gasteiger partial charge is 0.402 e. The lowest BCUT2D eigenvalue weighted by molar-refractivity contribution is -0.116. The zero-order valence-corrected chi connectivity index (χ0v) is 22.5. The number of aromatic nitrogens is 3. The minimum Gasteiger partial charge on any atom is -0.402 e.